The van der Waals surface area contributed by atoms with Crippen molar-refractivity contribution in [2.75, 3.05) is 13.2 Å². The van der Waals surface area contributed by atoms with Crippen LogP contribution in [0.25, 0.3) is 5.57 Å². The molecule has 1 aromatic carbocycles. The summed E-state index contributed by atoms with van der Waals surface area (Å²) in [5.41, 5.74) is 3.22. The van der Waals surface area contributed by atoms with Crippen LogP contribution in [0.15, 0.2) is 30.3 Å². The second-order valence-corrected chi connectivity index (χ2v) is 7.01. The van der Waals surface area contributed by atoms with Crippen LogP contribution in [-0.4, -0.2) is 19.3 Å². The van der Waals surface area contributed by atoms with E-state index in [-0.39, 0.29) is 0 Å². The summed E-state index contributed by atoms with van der Waals surface area (Å²) < 4.78 is 10.8. The standard InChI is InChI=1S/C18H24O2/c1-13-8-15(10-18(2,3)9-13)14-4-6-16(7-5-14)19-11-17-12-20-17/h4-8,13,17H,9-12H2,1-3H3. The van der Waals surface area contributed by atoms with E-state index < -0.39 is 0 Å². The molecule has 3 rings (SSSR count). The fraction of sp³-hybridized carbons (Fsp3) is 0.556. The Balaban J connectivity index is 1.69. The molecule has 1 heterocycles. The van der Waals surface area contributed by atoms with Gasteiger partial charge in [-0.3, -0.25) is 0 Å². The molecule has 1 saturated heterocycles. The molecule has 1 aromatic rings. The van der Waals surface area contributed by atoms with Crippen molar-refractivity contribution in [3.63, 3.8) is 0 Å². The number of benzene rings is 1. The SMILES string of the molecule is CC1C=C(c2ccc(OCC3CO3)cc2)CC(C)(C)C1. The lowest BCUT2D eigenvalue weighted by Gasteiger charge is -2.33. The van der Waals surface area contributed by atoms with E-state index in [0.717, 1.165) is 18.8 Å². The highest BCUT2D eigenvalue weighted by Gasteiger charge is 2.27. The summed E-state index contributed by atoms with van der Waals surface area (Å²) in [6.07, 6.45) is 5.18. The van der Waals surface area contributed by atoms with Gasteiger partial charge in [-0.1, -0.05) is 39.0 Å². The zero-order valence-corrected chi connectivity index (χ0v) is 12.7. The van der Waals surface area contributed by atoms with Crippen LogP contribution in [0.5, 0.6) is 5.75 Å². The van der Waals surface area contributed by atoms with Gasteiger partial charge in [-0.05, 0) is 47.4 Å². The van der Waals surface area contributed by atoms with Gasteiger partial charge in [0.15, 0.2) is 0 Å². The van der Waals surface area contributed by atoms with Crippen molar-refractivity contribution in [3.05, 3.63) is 35.9 Å². The van der Waals surface area contributed by atoms with E-state index in [1.807, 2.05) is 0 Å². The highest BCUT2D eigenvalue weighted by atomic mass is 16.6. The average molecular weight is 272 g/mol. The van der Waals surface area contributed by atoms with Crippen molar-refractivity contribution < 1.29 is 9.47 Å². The second kappa shape index (κ2) is 5.25. The Morgan fingerprint density at radius 1 is 1.25 bits per heavy atom. The third kappa shape index (κ3) is 3.43. The van der Waals surface area contributed by atoms with Crippen LogP contribution in [0.3, 0.4) is 0 Å². The summed E-state index contributed by atoms with van der Waals surface area (Å²) in [5, 5.41) is 0. The molecule has 2 aliphatic rings. The predicted molar refractivity (Wildman–Crippen MR) is 81.8 cm³/mol. The number of hydrogen-bond acceptors (Lipinski definition) is 2. The lowest BCUT2D eigenvalue weighted by Crippen LogP contribution is -2.20. The first-order valence-electron chi connectivity index (χ1n) is 7.57. The third-order valence-corrected chi connectivity index (χ3v) is 4.09. The van der Waals surface area contributed by atoms with E-state index in [9.17, 15) is 0 Å². The molecule has 0 bridgehead atoms. The summed E-state index contributed by atoms with van der Waals surface area (Å²) >= 11 is 0. The number of ether oxygens (including phenoxy) is 2. The van der Waals surface area contributed by atoms with E-state index in [4.69, 9.17) is 9.47 Å². The number of rotatable bonds is 4. The summed E-state index contributed by atoms with van der Waals surface area (Å²) in [7, 11) is 0. The lowest BCUT2D eigenvalue weighted by molar-refractivity contribution is 0.263. The smallest absolute Gasteiger partial charge is 0.119 e. The Morgan fingerprint density at radius 2 is 1.95 bits per heavy atom. The zero-order chi connectivity index (χ0) is 14.2. The molecule has 0 N–H and O–H groups in total. The molecule has 1 aliphatic heterocycles. The Morgan fingerprint density at radius 3 is 2.55 bits per heavy atom. The highest BCUT2D eigenvalue weighted by molar-refractivity contribution is 5.67. The minimum Gasteiger partial charge on any atom is -0.491 e. The summed E-state index contributed by atoms with van der Waals surface area (Å²) in [6.45, 7) is 8.56. The van der Waals surface area contributed by atoms with Crippen LogP contribution in [0.4, 0.5) is 0 Å². The molecule has 0 amide bonds. The molecule has 0 radical (unpaired) electrons. The van der Waals surface area contributed by atoms with E-state index in [1.165, 1.54) is 17.6 Å². The molecule has 20 heavy (non-hydrogen) atoms. The molecule has 2 atom stereocenters. The van der Waals surface area contributed by atoms with Crippen LogP contribution in [-0.2, 0) is 4.74 Å². The molecule has 1 aliphatic carbocycles. The average Bonchev–Trinajstić information content (AvgIpc) is 3.18. The minimum absolute atomic E-state index is 0.317. The largest absolute Gasteiger partial charge is 0.491 e. The van der Waals surface area contributed by atoms with Crippen molar-refractivity contribution >= 4 is 5.57 Å². The first-order valence-corrected chi connectivity index (χ1v) is 7.57. The van der Waals surface area contributed by atoms with Gasteiger partial charge in [0.05, 0.1) is 6.61 Å². The first kappa shape index (κ1) is 13.7. The second-order valence-electron chi connectivity index (χ2n) is 7.01. The molecule has 2 heteroatoms. The predicted octanol–water partition coefficient (Wildman–Crippen LogP) is 4.30. The van der Waals surface area contributed by atoms with E-state index in [1.54, 1.807) is 0 Å². The van der Waals surface area contributed by atoms with E-state index in [2.05, 4.69) is 51.1 Å². The maximum Gasteiger partial charge on any atom is 0.119 e. The Hall–Kier alpha value is -1.28. The van der Waals surface area contributed by atoms with Gasteiger partial charge in [0.2, 0.25) is 0 Å². The molecule has 108 valence electrons. The Bertz CT molecular complexity index is 495. The van der Waals surface area contributed by atoms with Gasteiger partial charge in [0, 0.05) is 0 Å². The van der Waals surface area contributed by atoms with Gasteiger partial charge >= 0.3 is 0 Å². The number of allylic oxidation sites excluding steroid dienone is 2. The van der Waals surface area contributed by atoms with Gasteiger partial charge in [-0.15, -0.1) is 0 Å². The molecule has 2 nitrogen and oxygen atoms in total. The zero-order valence-electron chi connectivity index (χ0n) is 12.7. The monoisotopic (exact) mass is 272 g/mol. The molecule has 0 aromatic heterocycles. The topological polar surface area (TPSA) is 21.8 Å². The first-order chi connectivity index (χ1) is 9.52. The van der Waals surface area contributed by atoms with E-state index >= 15 is 0 Å². The molecule has 2 unspecified atom stereocenters. The van der Waals surface area contributed by atoms with Crippen molar-refractivity contribution in [1.29, 1.82) is 0 Å². The number of epoxide rings is 1. The van der Waals surface area contributed by atoms with Crippen LogP contribution in [0.2, 0.25) is 0 Å². The highest BCUT2D eigenvalue weighted by Crippen LogP contribution is 2.41. The Kier molecular flexibility index (Phi) is 3.59. The lowest BCUT2D eigenvalue weighted by atomic mass is 9.72. The van der Waals surface area contributed by atoms with Crippen molar-refractivity contribution in [3.8, 4) is 5.75 Å². The van der Waals surface area contributed by atoms with Crippen molar-refractivity contribution in [1.82, 2.24) is 0 Å². The van der Waals surface area contributed by atoms with Gasteiger partial charge in [0.1, 0.15) is 18.5 Å². The fourth-order valence-electron chi connectivity index (χ4n) is 3.24. The normalized spacial score (nSPS) is 27.9. The van der Waals surface area contributed by atoms with Gasteiger partial charge in [-0.25, -0.2) is 0 Å². The molecular formula is C18H24O2. The van der Waals surface area contributed by atoms with Crippen LogP contribution in [0, 0.1) is 11.3 Å². The van der Waals surface area contributed by atoms with Crippen molar-refractivity contribution in [2.45, 2.75) is 39.7 Å². The van der Waals surface area contributed by atoms with E-state index in [0.29, 0.717) is 24.0 Å². The van der Waals surface area contributed by atoms with Crippen LogP contribution >= 0.6 is 0 Å². The molecule has 0 saturated carbocycles. The summed E-state index contributed by atoms with van der Waals surface area (Å²) in [6, 6.07) is 8.52. The maximum absolute atomic E-state index is 5.69. The van der Waals surface area contributed by atoms with Crippen LogP contribution in [0.1, 0.15) is 39.2 Å². The molecule has 1 fully saturated rings. The quantitative estimate of drug-likeness (QED) is 0.762. The van der Waals surface area contributed by atoms with Gasteiger partial charge < -0.3 is 9.47 Å². The fourth-order valence-corrected chi connectivity index (χ4v) is 3.24. The third-order valence-electron chi connectivity index (χ3n) is 4.09. The number of hydrogen-bond donors (Lipinski definition) is 0. The maximum atomic E-state index is 5.69. The van der Waals surface area contributed by atoms with Gasteiger partial charge in [0.25, 0.3) is 0 Å². The minimum atomic E-state index is 0.317. The molecular weight excluding hydrogens is 248 g/mol. The Labute approximate surface area is 121 Å². The van der Waals surface area contributed by atoms with Crippen molar-refractivity contribution in [2.24, 2.45) is 11.3 Å². The summed E-state index contributed by atoms with van der Waals surface area (Å²) in [5.74, 6) is 1.60. The van der Waals surface area contributed by atoms with Gasteiger partial charge in [-0.2, -0.15) is 0 Å². The molecule has 0 spiro atoms. The summed E-state index contributed by atoms with van der Waals surface area (Å²) in [4.78, 5) is 0. The van der Waals surface area contributed by atoms with Crippen LogP contribution < -0.4 is 4.74 Å².